The molecule has 148 valence electrons. The molecule has 1 aliphatic carbocycles. The third-order valence-electron chi connectivity index (χ3n) is 5.76. The van der Waals surface area contributed by atoms with E-state index in [1.54, 1.807) is 6.07 Å². The molecule has 0 bridgehead atoms. The van der Waals surface area contributed by atoms with Crippen LogP contribution in [0.15, 0.2) is 24.3 Å². The molecular formula is C21H29ClN2O3. The average molecular weight is 393 g/mol. The number of piperidine rings is 1. The van der Waals surface area contributed by atoms with E-state index in [9.17, 15) is 9.59 Å². The Kier molecular flexibility index (Phi) is 7.13. The van der Waals surface area contributed by atoms with E-state index in [1.807, 2.05) is 23.1 Å². The minimum atomic E-state index is -0.575. The number of benzene rings is 1. The van der Waals surface area contributed by atoms with Gasteiger partial charge in [-0.3, -0.25) is 9.69 Å². The molecule has 0 spiro atoms. The number of nitrogens with zero attached hydrogens (tertiary/aromatic N) is 1. The summed E-state index contributed by atoms with van der Waals surface area (Å²) in [6.45, 7) is 1.29. The van der Waals surface area contributed by atoms with E-state index in [-0.39, 0.29) is 17.8 Å². The van der Waals surface area contributed by atoms with Crippen molar-refractivity contribution in [1.29, 1.82) is 0 Å². The first kappa shape index (κ1) is 20.2. The van der Waals surface area contributed by atoms with Gasteiger partial charge in [0.2, 0.25) is 5.91 Å². The van der Waals surface area contributed by atoms with Crippen LogP contribution in [0.2, 0.25) is 5.02 Å². The van der Waals surface area contributed by atoms with E-state index < -0.39 is 6.04 Å². The first-order valence-corrected chi connectivity index (χ1v) is 10.3. The Bertz CT molecular complexity index is 661. The van der Waals surface area contributed by atoms with Crippen molar-refractivity contribution in [2.45, 2.75) is 57.0 Å². The van der Waals surface area contributed by atoms with Gasteiger partial charge >= 0.3 is 5.97 Å². The summed E-state index contributed by atoms with van der Waals surface area (Å²) in [5.74, 6) is -0.318. The molecule has 1 saturated carbocycles. The third-order valence-corrected chi connectivity index (χ3v) is 6.11. The highest BCUT2D eigenvalue weighted by Gasteiger charge is 2.36. The Hall–Kier alpha value is -1.59. The van der Waals surface area contributed by atoms with Crippen molar-refractivity contribution in [2.24, 2.45) is 5.92 Å². The van der Waals surface area contributed by atoms with Crippen molar-refractivity contribution >= 4 is 23.5 Å². The van der Waals surface area contributed by atoms with Gasteiger partial charge in [0, 0.05) is 17.6 Å². The second-order valence-corrected chi connectivity index (χ2v) is 8.03. The number of amides is 1. The molecule has 2 fully saturated rings. The molecule has 5 nitrogen and oxygen atoms in total. The van der Waals surface area contributed by atoms with E-state index >= 15 is 0 Å². The molecule has 0 radical (unpaired) electrons. The highest BCUT2D eigenvalue weighted by Crippen LogP contribution is 2.32. The molecule has 3 rings (SSSR count). The molecule has 6 heteroatoms. The number of ether oxygens (including phenoxy) is 1. The Balaban J connectivity index is 1.71. The average Bonchev–Trinajstić information content (AvgIpc) is 2.70. The summed E-state index contributed by atoms with van der Waals surface area (Å²) in [5, 5.41) is 3.78. The molecule has 1 saturated heterocycles. The van der Waals surface area contributed by atoms with Gasteiger partial charge in [0.15, 0.2) is 0 Å². The van der Waals surface area contributed by atoms with Gasteiger partial charge in [-0.05, 0) is 43.9 Å². The van der Waals surface area contributed by atoms with E-state index in [0.29, 0.717) is 17.6 Å². The summed E-state index contributed by atoms with van der Waals surface area (Å²) < 4.78 is 5.05. The summed E-state index contributed by atoms with van der Waals surface area (Å²) in [5.41, 5.74) is 0.736. The molecule has 1 aromatic carbocycles. The Morgan fingerprint density at radius 3 is 2.59 bits per heavy atom. The number of carbonyl (C=O) groups excluding carboxylic acids is 2. The standard InChI is InChI=1S/C21H29ClN2O3/c1-27-21(26)19(17-11-5-6-12-18(17)22)24-13-7-8-15(14-24)20(25)23-16-9-3-2-4-10-16/h5-6,11-12,15-16,19H,2-4,7-10,13-14H2,1H3,(H,23,25). The number of rotatable bonds is 5. The lowest BCUT2D eigenvalue weighted by atomic mass is 9.91. The number of hydrogen-bond donors (Lipinski definition) is 1. The number of likely N-dealkylation sites (tertiary alicyclic amines) is 1. The summed E-state index contributed by atoms with van der Waals surface area (Å²) in [4.78, 5) is 27.4. The first-order chi connectivity index (χ1) is 13.1. The van der Waals surface area contributed by atoms with Crippen LogP contribution < -0.4 is 5.32 Å². The fourth-order valence-electron chi connectivity index (χ4n) is 4.30. The molecule has 0 aromatic heterocycles. The number of halogens is 1. The molecule has 2 aliphatic rings. The number of hydrogen-bond acceptors (Lipinski definition) is 4. The van der Waals surface area contributed by atoms with Gasteiger partial charge in [-0.2, -0.15) is 0 Å². The normalized spacial score (nSPS) is 22.8. The number of carbonyl (C=O) groups is 2. The van der Waals surface area contributed by atoms with Gasteiger partial charge in [0.25, 0.3) is 0 Å². The predicted octanol–water partition coefficient (Wildman–Crippen LogP) is 3.72. The van der Waals surface area contributed by atoms with E-state index in [2.05, 4.69) is 5.32 Å². The summed E-state index contributed by atoms with van der Waals surface area (Å²) in [7, 11) is 1.39. The van der Waals surface area contributed by atoms with E-state index in [1.165, 1.54) is 26.4 Å². The summed E-state index contributed by atoms with van der Waals surface area (Å²) in [6, 6.07) is 7.08. The zero-order valence-electron chi connectivity index (χ0n) is 16.0. The van der Waals surface area contributed by atoms with Gasteiger partial charge in [0.1, 0.15) is 6.04 Å². The van der Waals surface area contributed by atoms with Gasteiger partial charge in [-0.25, -0.2) is 4.79 Å². The van der Waals surface area contributed by atoms with Crippen molar-refractivity contribution in [3.8, 4) is 0 Å². The molecular weight excluding hydrogens is 364 g/mol. The molecule has 1 amide bonds. The first-order valence-electron chi connectivity index (χ1n) is 9.97. The monoisotopic (exact) mass is 392 g/mol. The largest absolute Gasteiger partial charge is 0.468 e. The van der Waals surface area contributed by atoms with Crippen LogP contribution in [0.4, 0.5) is 0 Å². The molecule has 1 N–H and O–H groups in total. The fourth-order valence-corrected chi connectivity index (χ4v) is 4.54. The van der Waals surface area contributed by atoms with Crippen LogP contribution in [0, 0.1) is 5.92 Å². The Morgan fingerprint density at radius 2 is 1.89 bits per heavy atom. The van der Waals surface area contributed by atoms with E-state index in [4.69, 9.17) is 16.3 Å². The number of methoxy groups -OCH3 is 1. The quantitative estimate of drug-likeness (QED) is 0.776. The topological polar surface area (TPSA) is 58.6 Å². The van der Waals surface area contributed by atoms with Crippen molar-refractivity contribution in [3.63, 3.8) is 0 Å². The minimum absolute atomic E-state index is 0.102. The maximum absolute atomic E-state index is 12.8. The van der Waals surface area contributed by atoms with E-state index in [0.717, 1.165) is 37.8 Å². The highest BCUT2D eigenvalue weighted by molar-refractivity contribution is 6.31. The number of esters is 1. The Morgan fingerprint density at radius 1 is 1.15 bits per heavy atom. The zero-order chi connectivity index (χ0) is 19.2. The maximum atomic E-state index is 12.8. The van der Waals surface area contributed by atoms with Gasteiger partial charge in [0.05, 0.1) is 13.0 Å². The second-order valence-electron chi connectivity index (χ2n) is 7.62. The zero-order valence-corrected chi connectivity index (χ0v) is 16.7. The van der Waals surface area contributed by atoms with Gasteiger partial charge < -0.3 is 10.1 Å². The lowest BCUT2D eigenvalue weighted by molar-refractivity contribution is -0.149. The molecule has 1 heterocycles. The molecule has 2 unspecified atom stereocenters. The van der Waals surface area contributed by atoms with Crippen molar-refractivity contribution < 1.29 is 14.3 Å². The lowest BCUT2D eigenvalue weighted by Crippen LogP contribution is -2.48. The van der Waals surface area contributed by atoms with Crippen LogP contribution in [-0.2, 0) is 14.3 Å². The van der Waals surface area contributed by atoms with Crippen LogP contribution in [-0.4, -0.2) is 43.0 Å². The minimum Gasteiger partial charge on any atom is -0.468 e. The van der Waals surface area contributed by atoms with Crippen LogP contribution in [0.5, 0.6) is 0 Å². The van der Waals surface area contributed by atoms with Crippen LogP contribution in [0.3, 0.4) is 0 Å². The summed E-state index contributed by atoms with van der Waals surface area (Å²) in [6.07, 6.45) is 7.53. The lowest BCUT2D eigenvalue weighted by Gasteiger charge is -2.37. The second kappa shape index (κ2) is 9.56. The SMILES string of the molecule is COC(=O)C(c1ccccc1Cl)N1CCCC(C(=O)NC2CCCCC2)C1. The third kappa shape index (κ3) is 5.02. The number of nitrogens with one attached hydrogen (secondary N) is 1. The smallest absolute Gasteiger partial charge is 0.327 e. The molecule has 1 aromatic rings. The van der Waals surface area contributed by atoms with Crippen LogP contribution >= 0.6 is 11.6 Å². The predicted molar refractivity (Wildman–Crippen MR) is 106 cm³/mol. The molecule has 1 aliphatic heterocycles. The molecule has 2 atom stereocenters. The van der Waals surface area contributed by atoms with Crippen molar-refractivity contribution in [1.82, 2.24) is 10.2 Å². The Labute approximate surface area is 166 Å². The highest BCUT2D eigenvalue weighted by atomic mass is 35.5. The molecule has 27 heavy (non-hydrogen) atoms. The van der Waals surface area contributed by atoms with Gasteiger partial charge in [-0.15, -0.1) is 0 Å². The van der Waals surface area contributed by atoms with Crippen LogP contribution in [0.25, 0.3) is 0 Å². The van der Waals surface area contributed by atoms with Crippen LogP contribution in [0.1, 0.15) is 56.6 Å². The van der Waals surface area contributed by atoms with Crippen molar-refractivity contribution in [3.05, 3.63) is 34.9 Å². The maximum Gasteiger partial charge on any atom is 0.327 e. The van der Waals surface area contributed by atoms with Crippen molar-refractivity contribution in [2.75, 3.05) is 20.2 Å². The summed E-state index contributed by atoms with van der Waals surface area (Å²) >= 11 is 6.35. The van der Waals surface area contributed by atoms with Gasteiger partial charge in [-0.1, -0.05) is 49.1 Å². The fraction of sp³-hybridized carbons (Fsp3) is 0.619.